The topological polar surface area (TPSA) is 290 Å². The normalized spacial score (nSPS) is 14.8. The largest absolute Gasteiger partial charge is 0.480 e. The van der Waals surface area contributed by atoms with Gasteiger partial charge in [0.25, 0.3) is 0 Å². The van der Waals surface area contributed by atoms with Gasteiger partial charge in [0, 0.05) is 24.9 Å². The third-order valence-corrected chi connectivity index (χ3v) is 5.54. The van der Waals surface area contributed by atoms with Gasteiger partial charge in [0.05, 0.1) is 18.5 Å². The van der Waals surface area contributed by atoms with Gasteiger partial charge in [-0.15, -0.1) is 0 Å². The molecule has 16 nitrogen and oxygen atoms in total. The van der Waals surface area contributed by atoms with Crippen molar-refractivity contribution in [1.29, 1.82) is 0 Å². The average Bonchev–Trinajstić information content (AvgIpc) is 3.36. The Kier molecular flexibility index (Phi) is 14.3. The average molecular weight is 541 g/mol. The van der Waals surface area contributed by atoms with Crippen LogP contribution in [-0.4, -0.2) is 93.2 Å². The number of aliphatic carboxylic acids is 1. The maximum absolute atomic E-state index is 13.1. The Balaban J connectivity index is 2.93. The summed E-state index contributed by atoms with van der Waals surface area (Å²) in [5.74, 6) is -3.66. The fourth-order valence-corrected chi connectivity index (χ4v) is 3.43. The van der Waals surface area contributed by atoms with Gasteiger partial charge < -0.3 is 54.1 Å². The number of aromatic amines is 1. The number of hydrogen-bond acceptors (Lipinski definition) is 9. The molecule has 38 heavy (non-hydrogen) atoms. The second kappa shape index (κ2) is 16.9. The minimum Gasteiger partial charge on any atom is -0.480 e. The number of aliphatic hydroxyl groups is 1. The number of guanidine groups is 1. The van der Waals surface area contributed by atoms with Gasteiger partial charge >= 0.3 is 5.97 Å². The molecule has 14 N–H and O–H groups in total. The molecule has 0 aliphatic heterocycles. The summed E-state index contributed by atoms with van der Waals surface area (Å²) in [6, 6.07) is -4.89. The number of H-pyrrole nitrogens is 1. The number of carbonyl (C=O) groups excluding carboxylic acids is 3. The molecule has 1 aromatic heterocycles. The van der Waals surface area contributed by atoms with Crippen LogP contribution in [0.15, 0.2) is 17.5 Å². The summed E-state index contributed by atoms with van der Waals surface area (Å²) in [5, 5.41) is 26.9. The Morgan fingerprint density at radius 2 is 1.71 bits per heavy atom. The lowest BCUT2D eigenvalue weighted by molar-refractivity contribution is -0.143. The molecule has 214 valence electrons. The molecule has 0 saturated heterocycles. The summed E-state index contributed by atoms with van der Waals surface area (Å²) in [4.78, 5) is 60.7. The molecule has 0 aliphatic carbocycles. The molecular formula is C22H40N10O6. The van der Waals surface area contributed by atoms with Crippen LogP contribution in [0, 0.1) is 0 Å². The van der Waals surface area contributed by atoms with Crippen LogP contribution in [0.5, 0.6) is 0 Å². The van der Waals surface area contributed by atoms with Gasteiger partial charge in [-0.2, -0.15) is 0 Å². The monoisotopic (exact) mass is 540 g/mol. The van der Waals surface area contributed by atoms with E-state index < -0.39 is 54.0 Å². The van der Waals surface area contributed by atoms with Crippen molar-refractivity contribution in [3.8, 4) is 0 Å². The van der Waals surface area contributed by atoms with E-state index in [-0.39, 0.29) is 31.8 Å². The van der Waals surface area contributed by atoms with Gasteiger partial charge in [0.1, 0.15) is 18.1 Å². The molecule has 16 heteroatoms. The SMILES string of the molecule is CC(O)C(NC(=O)C(Cc1cnc[nH]1)NC(=O)C(N)CCCN=C(N)N)C(=O)NC(CCCCN)C(=O)O. The van der Waals surface area contributed by atoms with E-state index >= 15 is 0 Å². The molecule has 3 amide bonds. The van der Waals surface area contributed by atoms with Crippen LogP contribution in [0.3, 0.4) is 0 Å². The Morgan fingerprint density at radius 3 is 2.26 bits per heavy atom. The van der Waals surface area contributed by atoms with Crippen molar-refractivity contribution >= 4 is 29.7 Å². The zero-order valence-electron chi connectivity index (χ0n) is 21.4. The zero-order chi connectivity index (χ0) is 28.7. The summed E-state index contributed by atoms with van der Waals surface area (Å²) < 4.78 is 0. The molecule has 0 saturated carbocycles. The van der Waals surface area contributed by atoms with Crippen LogP contribution in [-0.2, 0) is 25.6 Å². The third kappa shape index (κ3) is 12.0. The maximum Gasteiger partial charge on any atom is 0.326 e. The maximum atomic E-state index is 13.1. The number of aromatic nitrogens is 2. The summed E-state index contributed by atoms with van der Waals surface area (Å²) in [7, 11) is 0. The number of imidazole rings is 1. The first kappa shape index (κ1) is 32.3. The number of nitrogens with one attached hydrogen (secondary N) is 4. The van der Waals surface area contributed by atoms with Crippen LogP contribution in [0.4, 0.5) is 0 Å². The minimum atomic E-state index is -1.49. The Morgan fingerprint density at radius 1 is 1.03 bits per heavy atom. The predicted octanol–water partition coefficient (Wildman–Crippen LogP) is -3.62. The number of aliphatic imine (C=N–C) groups is 1. The Bertz CT molecular complexity index is 920. The molecule has 0 aromatic carbocycles. The van der Waals surface area contributed by atoms with Crippen molar-refractivity contribution < 1.29 is 29.4 Å². The number of hydrogen-bond donors (Lipinski definition) is 10. The van der Waals surface area contributed by atoms with Gasteiger partial charge in [0.2, 0.25) is 17.7 Å². The lowest BCUT2D eigenvalue weighted by Gasteiger charge is -2.26. The summed E-state index contributed by atoms with van der Waals surface area (Å²) in [6.07, 6.45) is 3.26. The van der Waals surface area contributed by atoms with E-state index in [4.69, 9.17) is 22.9 Å². The Labute approximate surface area is 220 Å². The summed E-state index contributed by atoms with van der Waals surface area (Å²) in [5.41, 5.74) is 22.4. The summed E-state index contributed by atoms with van der Waals surface area (Å²) in [6.45, 7) is 1.91. The zero-order valence-corrected chi connectivity index (χ0v) is 21.4. The first-order valence-corrected chi connectivity index (χ1v) is 12.3. The molecule has 0 radical (unpaired) electrons. The number of nitrogens with zero attached hydrogens (tertiary/aromatic N) is 2. The molecule has 0 spiro atoms. The smallest absolute Gasteiger partial charge is 0.326 e. The second-order valence-electron chi connectivity index (χ2n) is 8.81. The van der Waals surface area contributed by atoms with Crippen LogP contribution in [0.1, 0.15) is 44.7 Å². The highest BCUT2D eigenvalue weighted by Crippen LogP contribution is 2.06. The molecule has 1 aromatic rings. The molecule has 5 unspecified atom stereocenters. The van der Waals surface area contributed by atoms with Gasteiger partial charge in [0.15, 0.2) is 5.96 Å². The number of carbonyl (C=O) groups is 4. The second-order valence-corrected chi connectivity index (χ2v) is 8.81. The van der Waals surface area contributed by atoms with Crippen molar-refractivity contribution in [2.24, 2.45) is 27.9 Å². The van der Waals surface area contributed by atoms with Crippen LogP contribution in [0.2, 0.25) is 0 Å². The van der Waals surface area contributed by atoms with Gasteiger partial charge in [-0.05, 0) is 45.6 Å². The molecule has 0 fully saturated rings. The fourth-order valence-electron chi connectivity index (χ4n) is 3.43. The Hall–Kier alpha value is -3.76. The van der Waals surface area contributed by atoms with E-state index in [1.165, 1.54) is 19.4 Å². The minimum absolute atomic E-state index is 0.0245. The number of aliphatic hydroxyl groups excluding tert-OH is 1. The molecule has 1 heterocycles. The fraction of sp³-hybridized carbons (Fsp3) is 0.636. The number of carboxylic acids is 1. The number of carboxylic acid groups (broad SMARTS) is 1. The quantitative estimate of drug-likeness (QED) is 0.0492. The molecule has 0 aliphatic rings. The third-order valence-electron chi connectivity index (χ3n) is 5.54. The number of nitrogens with two attached hydrogens (primary N) is 4. The number of unbranched alkanes of at least 4 members (excludes halogenated alkanes) is 1. The van der Waals surface area contributed by atoms with Crippen LogP contribution >= 0.6 is 0 Å². The van der Waals surface area contributed by atoms with Crippen molar-refractivity contribution in [2.45, 2.75) is 75.7 Å². The highest BCUT2D eigenvalue weighted by atomic mass is 16.4. The lowest BCUT2D eigenvalue weighted by atomic mass is 10.1. The van der Waals surface area contributed by atoms with Gasteiger partial charge in [-0.3, -0.25) is 19.4 Å². The van der Waals surface area contributed by atoms with Crippen LogP contribution < -0.4 is 38.9 Å². The van der Waals surface area contributed by atoms with E-state index in [0.717, 1.165) is 0 Å². The van der Waals surface area contributed by atoms with Gasteiger partial charge in [-0.25, -0.2) is 9.78 Å². The molecule has 0 bridgehead atoms. The standard InChI is InChI=1S/C22H40N10O6/c1-12(33)17(20(36)30-15(21(37)38)6-2-3-7-23)32-19(35)16(9-13-10-27-11-29-13)31-18(34)14(24)5-4-8-28-22(25)26/h10-12,14-17,33H,2-9,23-24H2,1H3,(H,27,29)(H,30,36)(H,31,34)(H,32,35)(H,37,38)(H4,25,26,28). The van der Waals surface area contributed by atoms with E-state index in [2.05, 4.69) is 30.9 Å². The van der Waals surface area contributed by atoms with Crippen molar-refractivity contribution in [1.82, 2.24) is 25.9 Å². The van der Waals surface area contributed by atoms with E-state index in [1.54, 1.807) is 0 Å². The number of amides is 3. The molecule has 1 rings (SSSR count). The molecular weight excluding hydrogens is 500 g/mol. The first-order chi connectivity index (χ1) is 18.0. The van der Waals surface area contributed by atoms with E-state index in [1.807, 2.05) is 0 Å². The molecule has 5 atom stereocenters. The predicted molar refractivity (Wildman–Crippen MR) is 138 cm³/mol. The number of rotatable bonds is 18. The lowest BCUT2D eigenvalue weighted by Crippen LogP contribution is -2.60. The van der Waals surface area contributed by atoms with Crippen molar-refractivity contribution in [3.05, 3.63) is 18.2 Å². The highest BCUT2D eigenvalue weighted by Gasteiger charge is 2.32. The highest BCUT2D eigenvalue weighted by molar-refractivity contribution is 5.94. The van der Waals surface area contributed by atoms with E-state index in [0.29, 0.717) is 31.5 Å². The van der Waals surface area contributed by atoms with Crippen LogP contribution in [0.25, 0.3) is 0 Å². The first-order valence-electron chi connectivity index (χ1n) is 12.3. The summed E-state index contributed by atoms with van der Waals surface area (Å²) >= 11 is 0. The van der Waals surface area contributed by atoms with E-state index in [9.17, 15) is 29.4 Å². The van der Waals surface area contributed by atoms with Crippen molar-refractivity contribution in [2.75, 3.05) is 13.1 Å². The van der Waals surface area contributed by atoms with Crippen molar-refractivity contribution in [3.63, 3.8) is 0 Å². The van der Waals surface area contributed by atoms with Gasteiger partial charge in [-0.1, -0.05) is 0 Å².